The van der Waals surface area contributed by atoms with Crippen LogP contribution in [0.15, 0.2) is 35.2 Å². The highest BCUT2D eigenvalue weighted by Gasteiger charge is 2.35. The Labute approximate surface area is 165 Å². The standard InChI is InChI=1S/C19H21N5O5/c1-3-19(4-2,18(27)28)9-21-17(26)12-8-11(13-6-5-7-29-13)23-16-14(15(20)25)22-10-24(12)16/h5-8,10H,3-4,9H2,1-2H3,(H2,20,25)(H,21,26)(H,27,28). The van der Waals surface area contributed by atoms with Crippen LogP contribution >= 0.6 is 0 Å². The molecule has 0 saturated heterocycles. The second-order valence-electron chi connectivity index (χ2n) is 6.63. The zero-order valence-electron chi connectivity index (χ0n) is 16.0. The van der Waals surface area contributed by atoms with Gasteiger partial charge in [0.2, 0.25) is 0 Å². The molecule has 0 fully saturated rings. The average molecular weight is 399 g/mol. The van der Waals surface area contributed by atoms with Crippen LogP contribution in [0.25, 0.3) is 17.1 Å². The number of aliphatic carboxylic acids is 1. The van der Waals surface area contributed by atoms with Crippen LogP contribution in [0.1, 0.15) is 47.7 Å². The van der Waals surface area contributed by atoms with Gasteiger partial charge in [0.05, 0.1) is 11.7 Å². The Balaban J connectivity index is 2.04. The van der Waals surface area contributed by atoms with E-state index in [2.05, 4.69) is 15.3 Å². The number of aromatic nitrogens is 3. The highest BCUT2D eigenvalue weighted by molar-refractivity contribution is 5.99. The van der Waals surface area contributed by atoms with Crippen molar-refractivity contribution in [2.75, 3.05) is 6.54 Å². The van der Waals surface area contributed by atoms with E-state index in [9.17, 15) is 19.5 Å². The van der Waals surface area contributed by atoms with E-state index in [0.29, 0.717) is 24.3 Å². The second-order valence-corrected chi connectivity index (χ2v) is 6.63. The number of imidazole rings is 1. The topological polar surface area (TPSA) is 153 Å². The zero-order chi connectivity index (χ0) is 21.2. The molecule has 0 unspecified atom stereocenters. The largest absolute Gasteiger partial charge is 0.481 e. The van der Waals surface area contributed by atoms with Crippen molar-refractivity contribution in [2.24, 2.45) is 11.1 Å². The Hall–Kier alpha value is -3.69. The number of carbonyl (C=O) groups is 3. The maximum Gasteiger partial charge on any atom is 0.311 e. The number of primary amides is 1. The molecule has 10 heteroatoms. The summed E-state index contributed by atoms with van der Waals surface area (Å²) in [5.74, 6) is -1.91. The van der Waals surface area contributed by atoms with Gasteiger partial charge in [-0.1, -0.05) is 13.8 Å². The predicted molar refractivity (Wildman–Crippen MR) is 102 cm³/mol. The fourth-order valence-corrected chi connectivity index (χ4v) is 3.09. The molecule has 3 rings (SSSR count). The number of nitrogens with zero attached hydrogens (tertiary/aromatic N) is 3. The van der Waals surface area contributed by atoms with Gasteiger partial charge in [0.1, 0.15) is 17.7 Å². The Morgan fingerprint density at radius 1 is 1.31 bits per heavy atom. The molecule has 3 heterocycles. The first-order chi connectivity index (χ1) is 13.8. The number of fused-ring (bicyclic) bond motifs is 1. The lowest BCUT2D eigenvalue weighted by molar-refractivity contribution is -0.149. The number of rotatable bonds is 8. The first-order valence-electron chi connectivity index (χ1n) is 9.06. The summed E-state index contributed by atoms with van der Waals surface area (Å²) in [7, 11) is 0. The van der Waals surface area contributed by atoms with E-state index in [1.807, 2.05) is 0 Å². The lowest BCUT2D eigenvalue weighted by Crippen LogP contribution is -2.42. The molecule has 0 bridgehead atoms. The van der Waals surface area contributed by atoms with Crippen molar-refractivity contribution in [3.05, 3.63) is 42.2 Å². The predicted octanol–water partition coefficient (Wildman–Crippen LogP) is 1.71. The van der Waals surface area contributed by atoms with Crippen LogP contribution in [0, 0.1) is 5.41 Å². The van der Waals surface area contributed by atoms with Crippen LogP contribution in [0.4, 0.5) is 0 Å². The van der Waals surface area contributed by atoms with Crippen molar-refractivity contribution in [3.8, 4) is 11.5 Å². The van der Waals surface area contributed by atoms with E-state index in [-0.39, 0.29) is 23.6 Å². The fraction of sp³-hybridized carbons (Fsp3) is 0.316. The number of hydrogen-bond donors (Lipinski definition) is 3. The number of carboxylic acid groups (broad SMARTS) is 1. The molecule has 2 amide bonds. The summed E-state index contributed by atoms with van der Waals surface area (Å²) in [6.45, 7) is 3.47. The molecule has 0 saturated carbocycles. The molecule has 0 spiro atoms. The number of hydrogen-bond acceptors (Lipinski definition) is 6. The van der Waals surface area contributed by atoms with Gasteiger partial charge in [-0.05, 0) is 31.0 Å². The Bertz CT molecular complexity index is 1070. The molecule has 0 aliphatic carbocycles. The SMILES string of the molecule is CCC(CC)(CNC(=O)c1cc(-c2ccco2)nc2c(C(N)=O)ncn12)C(=O)O. The quantitative estimate of drug-likeness (QED) is 0.521. The summed E-state index contributed by atoms with van der Waals surface area (Å²) in [6, 6.07) is 4.80. The number of furan rings is 1. The van der Waals surface area contributed by atoms with Crippen LogP contribution in [0.5, 0.6) is 0 Å². The van der Waals surface area contributed by atoms with Gasteiger partial charge in [0.25, 0.3) is 11.8 Å². The maximum atomic E-state index is 12.9. The molecule has 152 valence electrons. The minimum absolute atomic E-state index is 0.0502. The first kappa shape index (κ1) is 20.1. The average Bonchev–Trinajstić information content (AvgIpc) is 3.37. The van der Waals surface area contributed by atoms with Gasteiger partial charge in [-0.15, -0.1) is 0 Å². The summed E-state index contributed by atoms with van der Waals surface area (Å²) in [5, 5.41) is 12.3. The van der Waals surface area contributed by atoms with Crippen molar-refractivity contribution < 1.29 is 23.9 Å². The van der Waals surface area contributed by atoms with Gasteiger partial charge in [0, 0.05) is 6.54 Å². The smallest absolute Gasteiger partial charge is 0.311 e. The van der Waals surface area contributed by atoms with Crippen molar-refractivity contribution >= 4 is 23.4 Å². The van der Waals surface area contributed by atoms with Crippen LogP contribution in [-0.2, 0) is 4.79 Å². The van der Waals surface area contributed by atoms with Gasteiger partial charge < -0.3 is 20.6 Å². The number of nitrogens with two attached hydrogens (primary N) is 1. The van der Waals surface area contributed by atoms with E-state index in [0.717, 1.165) is 0 Å². The van der Waals surface area contributed by atoms with Crippen LogP contribution < -0.4 is 11.1 Å². The molecule has 3 aromatic rings. The summed E-state index contributed by atoms with van der Waals surface area (Å²) >= 11 is 0. The zero-order valence-corrected chi connectivity index (χ0v) is 16.0. The summed E-state index contributed by atoms with van der Waals surface area (Å²) in [6.07, 6.45) is 3.45. The molecular formula is C19H21N5O5. The molecule has 29 heavy (non-hydrogen) atoms. The normalized spacial score (nSPS) is 11.5. The highest BCUT2D eigenvalue weighted by atomic mass is 16.4. The van der Waals surface area contributed by atoms with E-state index >= 15 is 0 Å². The number of carbonyl (C=O) groups excluding carboxylic acids is 2. The van der Waals surface area contributed by atoms with Gasteiger partial charge in [0.15, 0.2) is 17.1 Å². The van der Waals surface area contributed by atoms with Crippen molar-refractivity contribution in [2.45, 2.75) is 26.7 Å². The molecule has 4 N–H and O–H groups in total. The van der Waals surface area contributed by atoms with E-state index in [4.69, 9.17) is 10.2 Å². The molecule has 0 radical (unpaired) electrons. The van der Waals surface area contributed by atoms with Gasteiger partial charge >= 0.3 is 5.97 Å². The molecule has 10 nitrogen and oxygen atoms in total. The molecule has 0 aliphatic rings. The third-order valence-electron chi connectivity index (χ3n) is 5.14. The third-order valence-corrected chi connectivity index (χ3v) is 5.14. The van der Waals surface area contributed by atoms with Crippen molar-refractivity contribution in [1.29, 1.82) is 0 Å². The summed E-state index contributed by atoms with van der Waals surface area (Å²) < 4.78 is 6.68. The Morgan fingerprint density at radius 2 is 2.03 bits per heavy atom. The van der Waals surface area contributed by atoms with Crippen molar-refractivity contribution in [3.63, 3.8) is 0 Å². The summed E-state index contributed by atoms with van der Waals surface area (Å²) in [5.41, 5.74) is 4.73. The van der Waals surface area contributed by atoms with Gasteiger partial charge in [-0.2, -0.15) is 0 Å². The fourth-order valence-electron chi connectivity index (χ4n) is 3.09. The molecule has 0 atom stereocenters. The third kappa shape index (κ3) is 3.56. The first-order valence-corrected chi connectivity index (χ1v) is 9.06. The minimum Gasteiger partial charge on any atom is -0.481 e. The molecule has 3 aromatic heterocycles. The van der Waals surface area contributed by atoms with E-state index in [1.54, 1.807) is 26.0 Å². The Morgan fingerprint density at radius 3 is 2.59 bits per heavy atom. The Kier molecular flexibility index (Phi) is 5.35. The molecule has 0 aromatic carbocycles. The van der Waals surface area contributed by atoms with Crippen LogP contribution in [0.2, 0.25) is 0 Å². The maximum absolute atomic E-state index is 12.9. The van der Waals surface area contributed by atoms with Crippen LogP contribution in [0.3, 0.4) is 0 Å². The number of carboxylic acids is 1. The van der Waals surface area contributed by atoms with Crippen LogP contribution in [-0.4, -0.2) is 43.8 Å². The summed E-state index contributed by atoms with van der Waals surface area (Å²) in [4.78, 5) is 44.6. The van der Waals surface area contributed by atoms with E-state index < -0.39 is 23.2 Å². The number of amides is 2. The van der Waals surface area contributed by atoms with E-state index in [1.165, 1.54) is 23.1 Å². The lowest BCUT2D eigenvalue weighted by atomic mass is 9.82. The molecule has 0 aliphatic heterocycles. The highest BCUT2D eigenvalue weighted by Crippen LogP contribution is 2.26. The minimum atomic E-state index is -1.07. The number of nitrogens with one attached hydrogen (secondary N) is 1. The lowest BCUT2D eigenvalue weighted by Gasteiger charge is -2.26. The van der Waals surface area contributed by atoms with Gasteiger partial charge in [-0.25, -0.2) is 9.97 Å². The second kappa shape index (κ2) is 7.74. The monoisotopic (exact) mass is 399 g/mol. The molecular weight excluding hydrogens is 378 g/mol. The van der Waals surface area contributed by atoms with Crippen molar-refractivity contribution in [1.82, 2.24) is 19.7 Å². The van der Waals surface area contributed by atoms with Gasteiger partial charge in [-0.3, -0.25) is 18.8 Å².